The summed E-state index contributed by atoms with van der Waals surface area (Å²) in [7, 11) is 0. The van der Waals surface area contributed by atoms with Crippen molar-refractivity contribution in [3.8, 4) is 0 Å². The van der Waals surface area contributed by atoms with E-state index in [2.05, 4.69) is 10.5 Å². The number of nitrogens with zero attached hydrogens (tertiary/aromatic N) is 1. The Hall–Kier alpha value is -2.63. The summed E-state index contributed by atoms with van der Waals surface area (Å²) in [5.41, 5.74) is 1.14. The number of carbonyl (C=O) groups is 2. The largest absolute Gasteiger partial charge is 0.481 e. The van der Waals surface area contributed by atoms with E-state index in [9.17, 15) is 9.59 Å². The van der Waals surface area contributed by atoms with Crippen LogP contribution in [0, 0.1) is 6.92 Å². The molecule has 2 aromatic rings. The molecule has 0 aliphatic heterocycles. The Bertz CT molecular complexity index is 619. The number of hydrogen-bond donors (Lipinski definition) is 2. The first-order valence-electron chi connectivity index (χ1n) is 5.60. The van der Waals surface area contributed by atoms with Crippen molar-refractivity contribution in [1.82, 2.24) is 5.16 Å². The zero-order chi connectivity index (χ0) is 13.8. The molecule has 0 aliphatic carbocycles. The predicted octanol–water partition coefficient (Wildman–Crippen LogP) is 1.86. The molecular weight excluding hydrogens is 248 g/mol. The van der Waals surface area contributed by atoms with Crippen molar-refractivity contribution in [3.05, 3.63) is 47.3 Å². The number of rotatable bonds is 4. The number of benzene rings is 1. The van der Waals surface area contributed by atoms with E-state index in [0.717, 1.165) is 0 Å². The minimum atomic E-state index is -0.959. The molecule has 1 aromatic carbocycles. The number of carboxylic acid groups (broad SMARTS) is 1. The van der Waals surface area contributed by atoms with Gasteiger partial charge in [-0.25, -0.2) is 0 Å². The lowest BCUT2D eigenvalue weighted by atomic mass is 10.1. The summed E-state index contributed by atoms with van der Waals surface area (Å²) in [5, 5.41) is 15.0. The molecule has 6 nitrogen and oxygen atoms in total. The number of aryl methyl sites for hydroxylation is 1. The maximum atomic E-state index is 11.9. The van der Waals surface area contributed by atoms with E-state index < -0.39 is 11.9 Å². The van der Waals surface area contributed by atoms with Crippen molar-refractivity contribution in [2.75, 3.05) is 5.32 Å². The van der Waals surface area contributed by atoms with Gasteiger partial charge in [-0.3, -0.25) is 9.59 Å². The van der Waals surface area contributed by atoms with Crippen LogP contribution in [0.25, 0.3) is 0 Å². The Morgan fingerprint density at radius 2 is 2.11 bits per heavy atom. The van der Waals surface area contributed by atoms with Crippen molar-refractivity contribution < 1.29 is 19.2 Å². The Balaban J connectivity index is 2.19. The van der Waals surface area contributed by atoms with E-state index in [4.69, 9.17) is 9.63 Å². The molecule has 0 aliphatic rings. The molecule has 98 valence electrons. The van der Waals surface area contributed by atoms with Gasteiger partial charge in [-0.05, 0) is 18.6 Å². The smallest absolute Gasteiger partial charge is 0.307 e. The molecule has 2 rings (SSSR count). The normalized spacial score (nSPS) is 10.2. The number of carbonyl (C=O) groups excluding carboxylic acids is 1. The Morgan fingerprint density at radius 3 is 2.74 bits per heavy atom. The summed E-state index contributed by atoms with van der Waals surface area (Å²) in [5.74, 6) is -0.863. The summed E-state index contributed by atoms with van der Waals surface area (Å²) >= 11 is 0. The van der Waals surface area contributed by atoms with Gasteiger partial charge in [0.15, 0.2) is 5.69 Å². The summed E-state index contributed by atoms with van der Waals surface area (Å²) in [6.07, 6.45) is -0.158. The van der Waals surface area contributed by atoms with E-state index in [1.54, 1.807) is 31.2 Å². The average Bonchev–Trinajstić information content (AvgIpc) is 2.78. The Labute approximate surface area is 109 Å². The van der Waals surface area contributed by atoms with E-state index in [1.165, 1.54) is 6.07 Å². The van der Waals surface area contributed by atoms with E-state index in [1.807, 2.05) is 0 Å². The lowest BCUT2D eigenvalue weighted by molar-refractivity contribution is -0.136. The van der Waals surface area contributed by atoms with Crippen molar-refractivity contribution >= 4 is 17.6 Å². The molecule has 1 aromatic heterocycles. The minimum Gasteiger partial charge on any atom is -0.481 e. The topological polar surface area (TPSA) is 92.4 Å². The molecule has 0 unspecified atom stereocenters. The highest BCUT2D eigenvalue weighted by Gasteiger charge is 2.13. The van der Waals surface area contributed by atoms with Gasteiger partial charge in [-0.2, -0.15) is 0 Å². The van der Waals surface area contributed by atoms with Crippen molar-refractivity contribution in [1.29, 1.82) is 0 Å². The fourth-order valence-corrected chi connectivity index (χ4v) is 1.62. The van der Waals surface area contributed by atoms with Crippen LogP contribution in [0.5, 0.6) is 0 Å². The van der Waals surface area contributed by atoms with Gasteiger partial charge < -0.3 is 14.9 Å². The van der Waals surface area contributed by atoms with Gasteiger partial charge in [0.25, 0.3) is 5.91 Å². The molecule has 1 heterocycles. The molecule has 0 fully saturated rings. The highest BCUT2D eigenvalue weighted by Crippen LogP contribution is 2.17. The van der Waals surface area contributed by atoms with Crippen LogP contribution >= 0.6 is 0 Å². The standard InChI is InChI=1S/C13H12N2O4/c1-8-6-11(15-19-8)13(18)14-10-5-3-2-4-9(10)7-12(16)17/h2-6H,7H2,1H3,(H,14,18)(H,16,17). The van der Waals surface area contributed by atoms with Gasteiger partial charge in [-0.1, -0.05) is 23.4 Å². The fraction of sp³-hybridized carbons (Fsp3) is 0.154. The van der Waals surface area contributed by atoms with Crippen LogP contribution in [0.4, 0.5) is 5.69 Å². The number of aliphatic carboxylic acids is 1. The number of nitrogens with one attached hydrogen (secondary N) is 1. The lowest BCUT2D eigenvalue weighted by Crippen LogP contribution is -2.14. The molecule has 0 bridgehead atoms. The zero-order valence-electron chi connectivity index (χ0n) is 10.2. The second kappa shape index (κ2) is 5.34. The predicted molar refractivity (Wildman–Crippen MR) is 67.0 cm³/mol. The number of carboxylic acids is 1. The van der Waals surface area contributed by atoms with Crippen LogP contribution in [0.1, 0.15) is 21.8 Å². The number of amides is 1. The van der Waals surface area contributed by atoms with Crippen molar-refractivity contribution in [3.63, 3.8) is 0 Å². The van der Waals surface area contributed by atoms with Gasteiger partial charge in [0.1, 0.15) is 5.76 Å². The Morgan fingerprint density at radius 1 is 1.37 bits per heavy atom. The maximum absolute atomic E-state index is 11.9. The van der Waals surface area contributed by atoms with Crippen LogP contribution in [-0.2, 0) is 11.2 Å². The first kappa shape index (κ1) is 12.8. The average molecular weight is 260 g/mol. The molecule has 0 spiro atoms. The van der Waals surface area contributed by atoms with Crippen molar-refractivity contribution in [2.45, 2.75) is 13.3 Å². The number of para-hydroxylation sites is 1. The molecule has 19 heavy (non-hydrogen) atoms. The van der Waals surface area contributed by atoms with Gasteiger partial charge in [0.05, 0.1) is 6.42 Å². The third-order valence-corrected chi connectivity index (χ3v) is 2.47. The minimum absolute atomic E-state index is 0.155. The lowest BCUT2D eigenvalue weighted by Gasteiger charge is -2.08. The second-order valence-electron chi connectivity index (χ2n) is 4.00. The fourth-order valence-electron chi connectivity index (χ4n) is 1.62. The number of hydrogen-bond acceptors (Lipinski definition) is 4. The van der Waals surface area contributed by atoms with Crippen LogP contribution in [0.3, 0.4) is 0 Å². The van der Waals surface area contributed by atoms with Gasteiger partial charge in [-0.15, -0.1) is 0 Å². The summed E-state index contributed by atoms with van der Waals surface area (Å²) in [6, 6.07) is 8.24. The van der Waals surface area contributed by atoms with Gasteiger partial charge in [0.2, 0.25) is 0 Å². The summed E-state index contributed by atoms with van der Waals surface area (Å²) in [6.45, 7) is 1.68. The Kier molecular flexibility index (Phi) is 3.61. The van der Waals surface area contributed by atoms with Crippen LogP contribution in [-0.4, -0.2) is 22.1 Å². The third-order valence-electron chi connectivity index (χ3n) is 2.47. The summed E-state index contributed by atoms with van der Waals surface area (Å²) < 4.78 is 4.81. The number of anilines is 1. The highest BCUT2D eigenvalue weighted by molar-refractivity contribution is 6.03. The van der Waals surface area contributed by atoms with E-state index in [-0.39, 0.29) is 12.1 Å². The zero-order valence-corrected chi connectivity index (χ0v) is 10.2. The van der Waals surface area contributed by atoms with Crippen LogP contribution in [0.2, 0.25) is 0 Å². The van der Waals surface area contributed by atoms with Gasteiger partial charge >= 0.3 is 5.97 Å². The SMILES string of the molecule is Cc1cc(C(=O)Nc2ccccc2CC(=O)O)no1. The monoisotopic (exact) mass is 260 g/mol. The molecule has 6 heteroatoms. The second-order valence-corrected chi connectivity index (χ2v) is 4.00. The van der Waals surface area contributed by atoms with Gasteiger partial charge in [0, 0.05) is 11.8 Å². The first-order valence-corrected chi connectivity index (χ1v) is 5.60. The molecule has 0 saturated carbocycles. The van der Waals surface area contributed by atoms with Crippen LogP contribution < -0.4 is 5.32 Å². The maximum Gasteiger partial charge on any atom is 0.307 e. The quantitative estimate of drug-likeness (QED) is 0.875. The summed E-state index contributed by atoms with van der Waals surface area (Å²) in [4.78, 5) is 22.6. The van der Waals surface area contributed by atoms with Crippen LogP contribution in [0.15, 0.2) is 34.9 Å². The molecule has 1 amide bonds. The number of aromatic nitrogens is 1. The molecule has 0 saturated heterocycles. The van der Waals surface area contributed by atoms with E-state index >= 15 is 0 Å². The molecule has 2 N–H and O–H groups in total. The first-order chi connectivity index (χ1) is 9.06. The van der Waals surface area contributed by atoms with Crippen molar-refractivity contribution in [2.24, 2.45) is 0 Å². The third kappa shape index (κ3) is 3.19. The highest BCUT2D eigenvalue weighted by atomic mass is 16.5. The molecule has 0 atom stereocenters. The van der Waals surface area contributed by atoms with E-state index in [0.29, 0.717) is 17.0 Å². The molecular formula is C13H12N2O4. The molecule has 0 radical (unpaired) electrons.